The van der Waals surface area contributed by atoms with Gasteiger partial charge in [-0.1, -0.05) is 29.8 Å². The molecule has 84 valence electrons. The second kappa shape index (κ2) is 5.01. The quantitative estimate of drug-likeness (QED) is 0.676. The standard InChI is InChI=1S/C11H10BrClN2O/c12-10-6-5-9(16-10)11(15-14)7-3-1-2-4-8(7)13/h1-6,11,15H,14H2. The molecule has 3 N–H and O–H groups in total. The summed E-state index contributed by atoms with van der Waals surface area (Å²) in [6.45, 7) is 0. The lowest BCUT2D eigenvalue weighted by Crippen LogP contribution is -2.28. The van der Waals surface area contributed by atoms with Crippen LogP contribution in [0, 0.1) is 0 Å². The fraction of sp³-hybridized carbons (Fsp3) is 0.0909. The van der Waals surface area contributed by atoms with Crippen LogP contribution in [0.3, 0.4) is 0 Å². The van der Waals surface area contributed by atoms with Crippen LogP contribution < -0.4 is 11.3 Å². The number of nitrogens with two attached hydrogens (primary N) is 1. The van der Waals surface area contributed by atoms with E-state index in [2.05, 4.69) is 21.4 Å². The largest absolute Gasteiger partial charge is 0.452 e. The maximum atomic E-state index is 6.11. The molecule has 1 aromatic carbocycles. The summed E-state index contributed by atoms with van der Waals surface area (Å²) in [6.07, 6.45) is 0. The number of halogens is 2. The highest BCUT2D eigenvalue weighted by Crippen LogP contribution is 2.29. The summed E-state index contributed by atoms with van der Waals surface area (Å²) in [4.78, 5) is 0. The number of hydrogen-bond acceptors (Lipinski definition) is 3. The molecule has 1 atom stereocenters. The van der Waals surface area contributed by atoms with E-state index in [1.807, 2.05) is 36.4 Å². The van der Waals surface area contributed by atoms with Crippen LogP contribution in [-0.4, -0.2) is 0 Å². The zero-order valence-electron chi connectivity index (χ0n) is 8.28. The molecule has 0 aliphatic rings. The normalized spacial score (nSPS) is 12.7. The first-order valence-corrected chi connectivity index (χ1v) is 5.85. The molecule has 0 amide bonds. The topological polar surface area (TPSA) is 51.2 Å². The van der Waals surface area contributed by atoms with Gasteiger partial charge in [0.15, 0.2) is 4.67 Å². The van der Waals surface area contributed by atoms with Gasteiger partial charge in [0.2, 0.25) is 0 Å². The van der Waals surface area contributed by atoms with Crippen molar-refractivity contribution in [2.75, 3.05) is 0 Å². The number of furan rings is 1. The highest BCUT2D eigenvalue weighted by Gasteiger charge is 2.18. The molecule has 0 spiro atoms. The Morgan fingerprint density at radius 2 is 2.00 bits per heavy atom. The molecule has 2 aromatic rings. The zero-order chi connectivity index (χ0) is 11.5. The van der Waals surface area contributed by atoms with Crippen LogP contribution in [0.5, 0.6) is 0 Å². The number of benzene rings is 1. The van der Waals surface area contributed by atoms with Crippen LogP contribution >= 0.6 is 27.5 Å². The maximum Gasteiger partial charge on any atom is 0.169 e. The summed E-state index contributed by atoms with van der Waals surface area (Å²) >= 11 is 9.36. The molecule has 1 aromatic heterocycles. The van der Waals surface area contributed by atoms with Gasteiger partial charge in [-0.15, -0.1) is 0 Å². The monoisotopic (exact) mass is 300 g/mol. The highest BCUT2D eigenvalue weighted by atomic mass is 79.9. The number of hydrazine groups is 1. The molecule has 0 bridgehead atoms. The minimum absolute atomic E-state index is 0.250. The van der Waals surface area contributed by atoms with Crippen molar-refractivity contribution in [1.82, 2.24) is 5.43 Å². The second-order valence-corrected chi connectivity index (χ2v) is 4.45. The Morgan fingerprint density at radius 1 is 1.25 bits per heavy atom. The van der Waals surface area contributed by atoms with Gasteiger partial charge >= 0.3 is 0 Å². The summed E-state index contributed by atoms with van der Waals surface area (Å²) < 4.78 is 6.12. The first-order valence-electron chi connectivity index (χ1n) is 4.68. The minimum Gasteiger partial charge on any atom is -0.452 e. The second-order valence-electron chi connectivity index (χ2n) is 3.26. The Morgan fingerprint density at radius 3 is 2.56 bits per heavy atom. The molecular weight excluding hydrogens is 291 g/mol. The van der Waals surface area contributed by atoms with Crippen molar-refractivity contribution in [3.63, 3.8) is 0 Å². The van der Waals surface area contributed by atoms with Gasteiger partial charge in [0, 0.05) is 5.02 Å². The van der Waals surface area contributed by atoms with Crippen LogP contribution in [0.4, 0.5) is 0 Å². The Labute approximate surface area is 107 Å². The smallest absolute Gasteiger partial charge is 0.169 e. The molecule has 0 saturated heterocycles. The summed E-state index contributed by atoms with van der Waals surface area (Å²) in [6, 6.07) is 10.9. The Bertz CT molecular complexity index is 486. The molecule has 0 fully saturated rings. The van der Waals surface area contributed by atoms with Crippen LogP contribution in [-0.2, 0) is 0 Å². The predicted molar refractivity (Wildman–Crippen MR) is 67.0 cm³/mol. The van der Waals surface area contributed by atoms with Crippen molar-refractivity contribution in [3.8, 4) is 0 Å². The van der Waals surface area contributed by atoms with E-state index in [-0.39, 0.29) is 6.04 Å². The molecule has 0 aliphatic heterocycles. The SMILES string of the molecule is NNC(c1ccc(Br)o1)c1ccccc1Cl. The highest BCUT2D eigenvalue weighted by molar-refractivity contribution is 9.10. The third kappa shape index (κ3) is 2.30. The lowest BCUT2D eigenvalue weighted by molar-refractivity contribution is 0.437. The number of rotatable bonds is 3. The fourth-order valence-electron chi connectivity index (χ4n) is 1.52. The molecule has 0 aliphatic carbocycles. The van der Waals surface area contributed by atoms with Crippen molar-refractivity contribution in [2.24, 2.45) is 5.84 Å². The van der Waals surface area contributed by atoms with Gasteiger partial charge in [-0.05, 0) is 39.7 Å². The van der Waals surface area contributed by atoms with Gasteiger partial charge in [-0.25, -0.2) is 5.43 Å². The zero-order valence-corrected chi connectivity index (χ0v) is 10.6. The van der Waals surface area contributed by atoms with Crippen LogP contribution in [0.25, 0.3) is 0 Å². The first-order chi connectivity index (χ1) is 7.72. The van der Waals surface area contributed by atoms with Gasteiger partial charge < -0.3 is 4.42 Å². The van der Waals surface area contributed by atoms with E-state index < -0.39 is 0 Å². The van der Waals surface area contributed by atoms with Crippen LogP contribution in [0.2, 0.25) is 5.02 Å². The fourth-order valence-corrected chi connectivity index (χ4v) is 2.08. The van der Waals surface area contributed by atoms with E-state index in [1.165, 1.54) is 0 Å². The van der Waals surface area contributed by atoms with Crippen LogP contribution in [0.15, 0.2) is 45.5 Å². The molecule has 0 saturated carbocycles. The summed E-state index contributed by atoms with van der Waals surface area (Å²) in [5.41, 5.74) is 3.57. The Balaban J connectivity index is 2.40. The van der Waals surface area contributed by atoms with Crippen molar-refractivity contribution < 1.29 is 4.42 Å². The van der Waals surface area contributed by atoms with Gasteiger partial charge in [0.25, 0.3) is 0 Å². The Hall–Kier alpha value is -0.810. The molecular formula is C11H10BrClN2O. The van der Waals surface area contributed by atoms with Gasteiger partial charge in [-0.2, -0.15) is 0 Å². The van der Waals surface area contributed by atoms with Crippen LogP contribution in [0.1, 0.15) is 17.4 Å². The van der Waals surface area contributed by atoms with E-state index in [0.717, 1.165) is 5.56 Å². The summed E-state index contributed by atoms with van der Waals surface area (Å²) in [5.74, 6) is 6.24. The van der Waals surface area contributed by atoms with Gasteiger partial charge in [0.05, 0.1) is 0 Å². The average molecular weight is 302 g/mol. The first kappa shape index (κ1) is 11.7. The van der Waals surface area contributed by atoms with E-state index >= 15 is 0 Å². The minimum atomic E-state index is -0.250. The van der Waals surface area contributed by atoms with Crippen molar-refractivity contribution in [3.05, 3.63) is 57.4 Å². The lowest BCUT2D eigenvalue weighted by atomic mass is 10.1. The van der Waals surface area contributed by atoms with Gasteiger partial charge in [0.1, 0.15) is 11.8 Å². The molecule has 5 heteroatoms. The van der Waals surface area contributed by atoms with E-state index in [4.69, 9.17) is 21.9 Å². The third-order valence-electron chi connectivity index (χ3n) is 2.26. The van der Waals surface area contributed by atoms with E-state index in [1.54, 1.807) is 0 Å². The number of nitrogens with one attached hydrogen (secondary N) is 1. The Kier molecular flexibility index (Phi) is 3.66. The average Bonchev–Trinajstić information content (AvgIpc) is 2.69. The molecule has 0 radical (unpaired) electrons. The van der Waals surface area contributed by atoms with Crippen molar-refractivity contribution in [2.45, 2.75) is 6.04 Å². The molecule has 3 nitrogen and oxygen atoms in total. The number of hydrogen-bond donors (Lipinski definition) is 2. The molecule has 1 unspecified atom stereocenters. The van der Waals surface area contributed by atoms with Crippen molar-refractivity contribution >= 4 is 27.5 Å². The predicted octanol–water partition coefficient (Wildman–Crippen LogP) is 3.25. The summed E-state index contributed by atoms with van der Waals surface area (Å²) in [5, 5.41) is 0.651. The van der Waals surface area contributed by atoms with Gasteiger partial charge in [-0.3, -0.25) is 5.84 Å². The maximum absolute atomic E-state index is 6.11. The lowest BCUT2D eigenvalue weighted by Gasteiger charge is -2.14. The molecule has 1 heterocycles. The molecule has 16 heavy (non-hydrogen) atoms. The molecule has 2 rings (SSSR count). The summed E-state index contributed by atoms with van der Waals surface area (Å²) in [7, 11) is 0. The van der Waals surface area contributed by atoms with E-state index in [0.29, 0.717) is 15.5 Å². The van der Waals surface area contributed by atoms with Crippen molar-refractivity contribution in [1.29, 1.82) is 0 Å². The third-order valence-corrected chi connectivity index (χ3v) is 3.03. The van der Waals surface area contributed by atoms with E-state index in [9.17, 15) is 0 Å².